The molecule has 4 aromatic rings. The number of nitrogens with one attached hydrogen (secondary N) is 2. The Morgan fingerprint density at radius 3 is 2.41 bits per heavy atom. The van der Waals surface area contributed by atoms with Crippen LogP contribution >= 0.6 is 0 Å². The number of aromatic nitrogens is 3. The molecule has 0 bridgehead atoms. The Labute approximate surface area is 156 Å². The van der Waals surface area contributed by atoms with Gasteiger partial charge in [0.25, 0.3) is 5.91 Å². The molecule has 0 aliphatic rings. The Balaban J connectivity index is 1.73. The van der Waals surface area contributed by atoms with Crippen molar-refractivity contribution >= 4 is 28.4 Å². The SMILES string of the molecule is CNC(=O)c1ccc(-c2ccc3ncnc(Nc4ccccc4)c3n2)cc1. The van der Waals surface area contributed by atoms with Gasteiger partial charge in [0.1, 0.15) is 11.8 Å². The predicted molar refractivity (Wildman–Crippen MR) is 106 cm³/mol. The van der Waals surface area contributed by atoms with E-state index in [4.69, 9.17) is 4.98 Å². The lowest BCUT2D eigenvalue weighted by Crippen LogP contribution is -2.17. The number of benzene rings is 2. The van der Waals surface area contributed by atoms with E-state index in [0.717, 1.165) is 22.5 Å². The van der Waals surface area contributed by atoms with Crippen LogP contribution in [-0.4, -0.2) is 27.9 Å². The average molecular weight is 355 g/mol. The highest BCUT2D eigenvalue weighted by Gasteiger charge is 2.09. The summed E-state index contributed by atoms with van der Waals surface area (Å²) in [6.45, 7) is 0. The predicted octanol–water partition coefficient (Wildman–Crippen LogP) is 3.80. The van der Waals surface area contributed by atoms with Crippen LogP contribution in [0.4, 0.5) is 11.5 Å². The van der Waals surface area contributed by atoms with E-state index < -0.39 is 0 Å². The summed E-state index contributed by atoms with van der Waals surface area (Å²) in [6.07, 6.45) is 1.52. The first-order valence-corrected chi connectivity index (χ1v) is 8.51. The van der Waals surface area contributed by atoms with Crippen LogP contribution in [0.2, 0.25) is 0 Å². The van der Waals surface area contributed by atoms with Crippen molar-refractivity contribution < 1.29 is 4.79 Å². The number of nitrogens with zero attached hydrogens (tertiary/aromatic N) is 3. The molecule has 2 aromatic heterocycles. The molecule has 0 aliphatic carbocycles. The Morgan fingerprint density at radius 1 is 0.889 bits per heavy atom. The van der Waals surface area contributed by atoms with Gasteiger partial charge in [-0.15, -0.1) is 0 Å². The number of hydrogen-bond donors (Lipinski definition) is 2. The van der Waals surface area contributed by atoms with Crippen molar-refractivity contribution in [2.75, 3.05) is 12.4 Å². The highest BCUT2D eigenvalue weighted by Crippen LogP contribution is 2.25. The Hall–Kier alpha value is -3.80. The molecule has 0 unspecified atom stereocenters. The summed E-state index contributed by atoms with van der Waals surface area (Å²) in [5.41, 5.74) is 4.69. The second-order valence-electron chi connectivity index (χ2n) is 5.93. The summed E-state index contributed by atoms with van der Waals surface area (Å²) in [5.74, 6) is 0.533. The largest absolute Gasteiger partial charge is 0.355 e. The first-order valence-electron chi connectivity index (χ1n) is 8.51. The molecule has 27 heavy (non-hydrogen) atoms. The molecule has 0 fully saturated rings. The fourth-order valence-corrected chi connectivity index (χ4v) is 2.79. The van der Waals surface area contributed by atoms with Gasteiger partial charge in [-0.2, -0.15) is 0 Å². The summed E-state index contributed by atoms with van der Waals surface area (Å²) in [5, 5.41) is 5.91. The van der Waals surface area contributed by atoms with E-state index in [2.05, 4.69) is 20.6 Å². The van der Waals surface area contributed by atoms with Crippen molar-refractivity contribution in [3.8, 4) is 11.3 Å². The molecule has 0 atom stereocenters. The van der Waals surface area contributed by atoms with Crippen molar-refractivity contribution in [2.24, 2.45) is 0 Å². The Kier molecular flexibility index (Phi) is 4.45. The van der Waals surface area contributed by atoms with E-state index in [-0.39, 0.29) is 5.91 Å². The van der Waals surface area contributed by atoms with E-state index in [0.29, 0.717) is 16.9 Å². The molecule has 0 aliphatic heterocycles. The van der Waals surface area contributed by atoms with Crippen LogP contribution < -0.4 is 10.6 Å². The van der Waals surface area contributed by atoms with Gasteiger partial charge < -0.3 is 10.6 Å². The smallest absolute Gasteiger partial charge is 0.251 e. The number of hydrogen-bond acceptors (Lipinski definition) is 5. The maximum Gasteiger partial charge on any atom is 0.251 e. The molecule has 2 heterocycles. The van der Waals surface area contributed by atoms with Crippen LogP contribution in [0.1, 0.15) is 10.4 Å². The summed E-state index contributed by atoms with van der Waals surface area (Å²) in [4.78, 5) is 25.1. The van der Waals surface area contributed by atoms with Crippen molar-refractivity contribution in [1.29, 1.82) is 0 Å². The minimum Gasteiger partial charge on any atom is -0.355 e. The highest BCUT2D eigenvalue weighted by atomic mass is 16.1. The third-order valence-electron chi connectivity index (χ3n) is 4.19. The number of carbonyl (C=O) groups excluding carboxylic acids is 1. The van der Waals surface area contributed by atoms with Crippen molar-refractivity contribution in [3.05, 3.63) is 78.6 Å². The van der Waals surface area contributed by atoms with Gasteiger partial charge in [-0.3, -0.25) is 4.79 Å². The van der Waals surface area contributed by atoms with E-state index in [9.17, 15) is 4.79 Å². The van der Waals surface area contributed by atoms with Crippen molar-refractivity contribution in [2.45, 2.75) is 0 Å². The number of para-hydroxylation sites is 1. The first-order chi connectivity index (χ1) is 13.2. The topological polar surface area (TPSA) is 79.8 Å². The van der Waals surface area contributed by atoms with Gasteiger partial charge in [0.2, 0.25) is 0 Å². The molecule has 2 N–H and O–H groups in total. The second-order valence-corrected chi connectivity index (χ2v) is 5.93. The molecule has 1 amide bonds. The number of carbonyl (C=O) groups is 1. The zero-order valence-electron chi connectivity index (χ0n) is 14.7. The Morgan fingerprint density at radius 2 is 1.67 bits per heavy atom. The molecule has 0 saturated carbocycles. The quantitative estimate of drug-likeness (QED) is 0.582. The molecule has 0 spiro atoms. The molecule has 132 valence electrons. The van der Waals surface area contributed by atoms with Gasteiger partial charge in [-0.1, -0.05) is 30.3 Å². The molecule has 6 nitrogen and oxygen atoms in total. The van der Waals surface area contributed by atoms with Gasteiger partial charge >= 0.3 is 0 Å². The third kappa shape index (κ3) is 3.46. The molecule has 6 heteroatoms. The fourth-order valence-electron chi connectivity index (χ4n) is 2.79. The normalized spacial score (nSPS) is 10.6. The lowest BCUT2D eigenvalue weighted by atomic mass is 10.1. The zero-order valence-corrected chi connectivity index (χ0v) is 14.7. The molecule has 0 saturated heterocycles. The van der Waals surface area contributed by atoms with E-state index in [1.807, 2.05) is 54.6 Å². The number of fused-ring (bicyclic) bond motifs is 1. The Bertz CT molecular complexity index is 1090. The van der Waals surface area contributed by atoms with Gasteiger partial charge in [-0.05, 0) is 36.4 Å². The second kappa shape index (κ2) is 7.21. The molecular weight excluding hydrogens is 338 g/mol. The van der Waals surface area contributed by atoms with Gasteiger partial charge in [-0.25, -0.2) is 15.0 Å². The van der Waals surface area contributed by atoms with Crippen LogP contribution in [0, 0.1) is 0 Å². The van der Waals surface area contributed by atoms with Crippen LogP contribution in [0.15, 0.2) is 73.1 Å². The molecule has 0 radical (unpaired) electrons. The van der Waals surface area contributed by atoms with Gasteiger partial charge in [0.05, 0.1) is 11.2 Å². The van der Waals surface area contributed by atoms with E-state index >= 15 is 0 Å². The summed E-state index contributed by atoms with van der Waals surface area (Å²) < 4.78 is 0. The van der Waals surface area contributed by atoms with E-state index in [1.54, 1.807) is 19.2 Å². The van der Waals surface area contributed by atoms with E-state index in [1.165, 1.54) is 6.33 Å². The molecular formula is C21H17N5O. The lowest BCUT2D eigenvalue weighted by Gasteiger charge is -2.09. The van der Waals surface area contributed by atoms with Crippen LogP contribution in [0.25, 0.3) is 22.3 Å². The summed E-state index contributed by atoms with van der Waals surface area (Å²) in [7, 11) is 1.61. The number of anilines is 2. The van der Waals surface area contributed by atoms with Gasteiger partial charge in [0, 0.05) is 23.9 Å². The zero-order chi connectivity index (χ0) is 18.6. The first kappa shape index (κ1) is 16.7. The summed E-state index contributed by atoms with van der Waals surface area (Å²) >= 11 is 0. The van der Waals surface area contributed by atoms with Crippen LogP contribution in [-0.2, 0) is 0 Å². The average Bonchev–Trinajstić information content (AvgIpc) is 2.74. The van der Waals surface area contributed by atoms with Crippen molar-refractivity contribution in [3.63, 3.8) is 0 Å². The molecule has 4 rings (SSSR count). The van der Waals surface area contributed by atoms with Crippen LogP contribution in [0.3, 0.4) is 0 Å². The number of pyridine rings is 1. The summed E-state index contributed by atoms with van der Waals surface area (Å²) in [6, 6.07) is 21.0. The maximum atomic E-state index is 11.7. The fraction of sp³-hybridized carbons (Fsp3) is 0.0476. The standard InChI is InChI=1S/C21H17N5O/c1-22-21(27)15-9-7-14(8-10-15)17-11-12-18-19(26-17)20(24-13-23-18)25-16-5-3-2-4-6-16/h2-13H,1H3,(H,22,27)(H,23,24,25). The lowest BCUT2D eigenvalue weighted by molar-refractivity contribution is 0.0963. The number of amides is 1. The minimum absolute atomic E-state index is 0.115. The monoisotopic (exact) mass is 355 g/mol. The number of rotatable bonds is 4. The highest BCUT2D eigenvalue weighted by molar-refractivity contribution is 5.94. The minimum atomic E-state index is -0.115. The van der Waals surface area contributed by atoms with Crippen LogP contribution in [0.5, 0.6) is 0 Å². The molecule has 2 aromatic carbocycles. The third-order valence-corrected chi connectivity index (χ3v) is 4.19. The van der Waals surface area contributed by atoms with Gasteiger partial charge in [0.15, 0.2) is 5.82 Å². The maximum absolute atomic E-state index is 11.7. The van der Waals surface area contributed by atoms with Crippen molar-refractivity contribution in [1.82, 2.24) is 20.3 Å².